The Morgan fingerprint density at radius 2 is 2.18 bits per heavy atom. The van der Waals surface area contributed by atoms with Crippen molar-refractivity contribution in [1.82, 2.24) is 9.88 Å². The maximum Gasteiger partial charge on any atom is 0.586 e. The van der Waals surface area contributed by atoms with Gasteiger partial charge in [0.2, 0.25) is 0 Å². The third-order valence-electron chi connectivity index (χ3n) is 4.41. The average molecular weight is 392 g/mol. The minimum absolute atomic E-state index is 0.0268. The number of para-hydroxylation sites is 1. The number of nitrogens with zero attached hydrogens (tertiary/aromatic N) is 2. The van der Waals surface area contributed by atoms with Gasteiger partial charge in [-0.2, -0.15) is 0 Å². The van der Waals surface area contributed by atoms with Crippen molar-refractivity contribution in [3.05, 3.63) is 47.8 Å². The molecule has 4 rings (SSSR count). The molecule has 1 aromatic heterocycles. The number of pyridine rings is 1. The van der Waals surface area contributed by atoms with Gasteiger partial charge in [0.15, 0.2) is 11.5 Å². The highest BCUT2D eigenvalue weighted by molar-refractivity contribution is 5.98. The van der Waals surface area contributed by atoms with Crippen molar-refractivity contribution in [2.24, 2.45) is 0 Å². The van der Waals surface area contributed by atoms with E-state index in [-0.39, 0.29) is 36.3 Å². The van der Waals surface area contributed by atoms with Crippen LogP contribution >= 0.6 is 0 Å². The second-order valence-electron chi connectivity index (χ2n) is 6.49. The van der Waals surface area contributed by atoms with Gasteiger partial charge in [-0.15, -0.1) is 8.78 Å². The predicted octanol–water partition coefficient (Wildman–Crippen LogP) is 2.63. The van der Waals surface area contributed by atoms with E-state index in [0.29, 0.717) is 18.9 Å². The molecule has 0 bridgehead atoms. The number of hydrogen-bond acceptors (Lipinski definition) is 6. The number of rotatable bonds is 4. The molecule has 148 valence electrons. The molecule has 2 aliphatic heterocycles. The Balaban J connectivity index is 1.42. The smallest absolute Gasteiger partial charge is 0.489 e. The molecule has 2 aliphatic rings. The SMILES string of the molecule is Cc1ccc(OCC2CN(C(=O)c3cccc4c3OC(F)(F)O4)CCO2)cn1. The lowest BCUT2D eigenvalue weighted by Crippen LogP contribution is -2.47. The van der Waals surface area contributed by atoms with Gasteiger partial charge in [0.25, 0.3) is 5.91 Å². The highest BCUT2D eigenvalue weighted by Gasteiger charge is 2.45. The second-order valence-corrected chi connectivity index (χ2v) is 6.49. The molecule has 28 heavy (non-hydrogen) atoms. The van der Waals surface area contributed by atoms with Crippen molar-refractivity contribution in [3.8, 4) is 17.2 Å². The van der Waals surface area contributed by atoms with E-state index < -0.39 is 12.2 Å². The minimum Gasteiger partial charge on any atom is -0.489 e. The summed E-state index contributed by atoms with van der Waals surface area (Å²) in [4.78, 5) is 18.5. The summed E-state index contributed by atoms with van der Waals surface area (Å²) in [5, 5.41) is 0. The molecular weight excluding hydrogens is 374 g/mol. The summed E-state index contributed by atoms with van der Waals surface area (Å²) in [5.41, 5.74) is 0.907. The zero-order valence-electron chi connectivity index (χ0n) is 15.1. The number of fused-ring (bicyclic) bond motifs is 1. The first-order valence-electron chi connectivity index (χ1n) is 8.76. The number of morpholine rings is 1. The quantitative estimate of drug-likeness (QED) is 0.797. The Morgan fingerprint density at radius 3 is 2.96 bits per heavy atom. The number of hydrogen-bond donors (Lipinski definition) is 0. The van der Waals surface area contributed by atoms with Crippen LogP contribution in [-0.2, 0) is 4.74 Å². The molecule has 1 atom stereocenters. The van der Waals surface area contributed by atoms with E-state index in [2.05, 4.69) is 14.5 Å². The van der Waals surface area contributed by atoms with Crippen LogP contribution in [0.2, 0.25) is 0 Å². The van der Waals surface area contributed by atoms with Crippen molar-refractivity contribution in [3.63, 3.8) is 0 Å². The number of carbonyl (C=O) groups is 1. The minimum atomic E-state index is -3.78. The van der Waals surface area contributed by atoms with Gasteiger partial charge in [0.05, 0.1) is 24.9 Å². The highest BCUT2D eigenvalue weighted by atomic mass is 19.3. The number of amides is 1. The number of carbonyl (C=O) groups excluding carboxylic acids is 1. The third kappa shape index (κ3) is 3.84. The summed E-state index contributed by atoms with van der Waals surface area (Å²) >= 11 is 0. The molecule has 1 fully saturated rings. The Hall–Kier alpha value is -2.94. The van der Waals surface area contributed by atoms with E-state index in [1.165, 1.54) is 23.1 Å². The summed E-state index contributed by atoms with van der Waals surface area (Å²) in [6, 6.07) is 7.88. The van der Waals surface area contributed by atoms with Crippen LogP contribution in [0.1, 0.15) is 16.1 Å². The van der Waals surface area contributed by atoms with E-state index in [1.54, 1.807) is 12.3 Å². The molecule has 1 saturated heterocycles. The van der Waals surface area contributed by atoms with E-state index in [1.807, 2.05) is 13.0 Å². The van der Waals surface area contributed by atoms with E-state index in [4.69, 9.17) is 9.47 Å². The number of alkyl halides is 2. The van der Waals surface area contributed by atoms with E-state index >= 15 is 0 Å². The van der Waals surface area contributed by atoms with Gasteiger partial charge in [0.1, 0.15) is 18.5 Å². The number of halogens is 2. The normalized spacial score (nSPS) is 20.1. The highest BCUT2D eigenvalue weighted by Crippen LogP contribution is 2.43. The Kier molecular flexibility index (Phi) is 4.76. The molecule has 1 amide bonds. The first-order chi connectivity index (χ1) is 13.4. The van der Waals surface area contributed by atoms with Gasteiger partial charge in [-0.3, -0.25) is 9.78 Å². The summed E-state index contributed by atoms with van der Waals surface area (Å²) in [6.45, 7) is 3.03. The zero-order chi connectivity index (χ0) is 19.7. The van der Waals surface area contributed by atoms with Crippen LogP contribution in [0.25, 0.3) is 0 Å². The zero-order valence-corrected chi connectivity index (χ0v) is 15.1. The van der Waals surface area contributed by atoms with Gasteiger partial charge < -0.3 is 23.8 Å². The summed E-state index contributed by atoms with van der Waals surface area (Å²) in [6.07, 6.45) is -2.51. The van der Waals surface area contributed by atoms with Gasteiger partial charge >= 0.3 is 6.29 Å². The lowest BCUT2D eigenvalue weighted by Gasteiger charge is -2.33. The lowest BCUT2D eigenvalue weighted by molar-refractivity contribution is -0.286. The first kappa shape index (κ1) is 18.4. The summed E-state index contributed by atoms with van der Waals surface area (Å²) < 4.78 is 47.0. The molecule has 0 saturated carbocycles. The molecular formula is C19H18F2N2O5. The fourth-order valence-electron chi connectivity index (χ4n) is 3.04. The third-order valence-corrected chi connectivity index (χ3v) is 4.41. The Bertz CT molecular complexity index is 875. The van der Waals surface area contributed by atoms with Crippen LogP contribution in [0.3, 0.4) is 0 Å². The largest absolute Gasteiger partial charge is 0.586 e. The molecule has 1 unspecified atom stereocenters. The van der Waals surface area contributed by atoms with Crippen LogP contribution in [0.15, 0.2) is 36.5 Å². The van der Waals surface area contributed by atoms with Crippen molar-refractivity contribution in [2.45, 2.75) is 19.3 Å². The molecule has 1 aromatic carbocycles. The molecule has 0 N–H and O–H groups in total. The fraction of sp³-hybridized carbons (Fsp3) is 0.368. The van der Waals surface area contributed by atoms with E-state index in [9.17, 15) is 13.6 Å². The monoisotopic (exact) mass is 392 g/mol. The van der Waals surface area contributed by atoms with Crippen molar-refractivity contribution in [1.29, 1.82) is 0 Å². The van der Waals surface area contributed by atoms with Crippen LogP contribution in [0.5, 0.6) is 17.2 Å². The van der Waals surface area contributed by atoms with E-state index in [0.717, 1.165) is 5.69 Å². The van der Waals surface area contributed by atoms with Crippen LogP contribution in [-0.4, -0.2) is 54.5 Å². The molecule has 9 heteroatoms. The second kappa shape index (κ2) is 7.23. The number of ether oxygens (including phenoxy) is 4. The molecule has 0 aliphatic carbocycles. The Morgan fingerprint density at radius 1 is 1.32 bits per heavy atom. The number of benzene rings is 1. The molecule has 2 aromatic rings. The molecule has 0 spiro atoms. The first-order valence-corrected chi connectivity index (χ1v) is 8.76. The molecule has 0 radical (unpaired) electrons. The fourth-order valence-corrected chi connectivity index (χ4v) is 3.04. The van der Waals surface area contributed by atoms with Gasteiger partial charge in [-0.25, -0.2) is 0 Å². The predicted molar refractivity (Wildman–Crippen MR) is 92.8 cm³/mol. The average Bonchev–Trinajstić information content (AvgIpc) is 3.01. The molecule has 3 heterocycles. The number of aryl methyl sites for hydroxylation is 1. The summed E-state index contributed by atoms with van der Waals surface area (Å²) in [7, 11) is 0. The van der Waals surface area contributed by atoms with Crippen LogP contribution in [0, 0.1) is 6.92 Å². The Labute approximate surface area is 159 Å². The van der Waals surface area contributed by atoms with Gasteiger partial charge in [0, 0.05) is 12.2 Å². The lowest BCUT2D eigenvalue weighted by atomic mass is 10.1. The van der Waals surface area contributed by atoms with Crippen molar-refractivity contribution in [2.75, 3.05) is 26.3 Å². The molecule has 7 nitrogen and oxygen atoms in total. The maximum absolute atomic E-state index is 13.4. The number of aromatic nitrogens is 1. The van der Waals surface area contributed by atoms with Gasteiger partial charge in [-0.05, 0) is 31.2 Å². The van der Waals surface area contributed by atoms with Gasteiger partial charge in [-0.1, -0.05) is 6.07 Å². The van der Waals surface area contributed by atoms with Crippen LogP contribution in [0.4, 0.5) is 8.78 Å². The topological polar surface area (TPSA) is 70.1 Å². The summed E-state index contributed by atoms with van der Waals surface area (Å²) in [5.74, 6) is -0.229. The van der Waals surface area contributed by atoms with Crippen molar-refractivity contribution >= 4 is 5.91 Å². The van der Waals surface area contributed by atoms with Crippen molar-refractivity contribution < 1.29 is 32.5 Å². The van der Waals surface area contributed by atoms with Crippen LogP contribution < -0.4 is 14.2 Å². The maximum atomic E-state index is 13.4. The standard InChI is InChI=1S/C19H18F2N2O5/c1-12-5-6-13(9-22-12)26-11-14-10-23(7-8-25-14)18(24)15-3-2-4-16-17(15)28-19(20,21)27-16/h2-6,9,14H,7-8,10-11H2,1H3.